The minimum absolute atomic E-state index is 0.343. The lowest BCUT2D eigenvalue weighted by Crippen LogP contribution is -2.25. The van der Waals surface area contributed by atoms with Gasteiger partial charge in [-0.3, -0.25) is 9.69 Å². The van der Waals surface area contributed by atoms with E-state index in [9.17, 15) is 14.4 Å². The highest BCUT2D eigenvalue weighted by molar-refractivity contribution is 6.07. The molecule has 0 fully saturated rings. The minimum Gasteiger partial charge on any atom is -0.465 e. The number of esters is 1. The van der Waals surface area contributed by atoms with Crippen molar-refractivity contribution in [1.29, 1.82) is 0 Å². The highest BCUT2D eigenvalue weighted by Crippen LogP contribution is 2.23. The van der Waals surface area contributed by atoms with Gasteiger partial charge in [0.1, 0.15) is 5.69 Å². The van der Waals surface area contributed by atoms with E-state index in [0.717, 1.165) is 6.42 Å². The molecule has 2 aromatic rings. The number of benzene rings is 1. The van der Waals surface area contributed by atoms with E-state index in [-0.39, 0.29) is 5.91 Å². The molecule has 0 bridgehead atoms. The largest absolute Gasteiger partial charge is 0.465 e. The Bertz CT molecular complexity index is 871. The van der Waals surface area contributed by atoms with Crippen molar-refractivity contribution in [3.63, 3.8) is 0 Å². The van der Waals surface area contributed by atoms with E-state index in [1.807, 2.05) is 6.92 Å². The highest BCUT2D eigenvalue weighted by atomic mass is 16.5. The fraction of sp³-hybridized carbons (Fsp3) is 0.350. The van der Waals surface area contributed by atoms with Crippen molar-refractivity contribution in [1.82, 2.24) is 4.98 Å². The first-order valence-electron chi connectivity index (χ1n) is 8.86. The molecule has 0 aliphatic heterocycles. The van der Waals surface area contributed by atoms with Gasteiger partial charge in [-0.15, -0.1) is 0 Å². The Morgan fingerprint density at radius 3 is 2.29 bits per heavy atom. The summed E-state index contributed by atoms with van der Waals surface area (Å²) < 4.78 is 9.52. The van der Waals surface area contributed by atoms with E-state index in [1.165, 1.54) is 19.1 Å². The van der Waals surface area contributed by atoms with E-state index in [4.69, 9.17) is 4.74 Å². The normalized spacial score (nSPS) is 10.3. The maximum absolute atomic E-state index is 12.8. The summed E-state index contributed by atoms with van der Waals surface area (Å²) in [6, 6.07) is 6.75. The van der Waals surface area contributed by atoms with E-state index < -0.39 is 12.1 Å². The van der Waals surface area contributed by atoms with Gasteiger partial charge < -0.3 is 19.8 Å². The third-order valence-electron chi connectivity index (χ3n) is 4.37. The van der Waals surface area contributed by atoms with E-state index in [0.29, 0.717) is 40.3 Å². The van der Waals surface area contributed by atoms with Gasteiger partial charge in [0.2, 0.25) is 0 Å². The summed E-state index contributed by atoms with van der Waals surface area (Å²) in [7, 11) is 4.21. The predicted octanol–water partition coefficient (Wildman–Crippen LogP) is 3.52. The van der Waals surface area contributed by atoms with E-state index in [1.54, 1.807) is 38.2 Å². The second-order valence-electron chi connectivity index (χ2n) is 6.25. The molecule has 0 aliphatic rings. The van der Waals surface area contributed by atoms with Crippen molar-refractivity contribution >= 4 is 29.3 Å². The summed E-state index contributed by atoms with van der Waals surface area (Å²) in [4.78, 5) is 40.8. The lowest BCUT2D eigenvalue weighted by atomic mass is 10.0. The smallest absolute Gasteiger partial charge is 0.413 e. The van der Waals surface area contributed by atoms with Gasteiger partial charge in [-0.25, -0.2) is 9.59 Å². The lowest BCUT2D eigenvalue weighted by molar-refractivity contribution is 0.0599. The molecule has 1 aromatic carbocycles. The number of carbonyl (C=O) groups is 3. The number of nitrogens with one attached hydrogen (secondary N) is 2. The van der Waals surface area contributed by atoms with Crippen LogP contribution >= 0.6 is 0 Å². The summed E-state index contributed by atoms with van der Waals surface area (Å²) >= 11 is 0. The predicted molar refractivity (Wildman–Crippen MR) is 106 cm³/mol. The van der Waals surface area contributed by atoms with Gasteiger partial charge >= 0.3 is 12.1 Å². The van der Waals surface area contributed by atoms with Crippen molar-refractivity contribution < 1.29 is 23.9 Å². The standard InChI is InChI=1S/C20H25N3O5/c1-6-7-15-16(19(25)27-4)12(2)21-17(15)18(24)22-13-8-10-14(11-9-13)23(3)20(26)28-5/h8-11,21H,6-7H2,1-5H3,(H,22,24). The molecule has 0 saturated carbocycles. The lowest BCUT2D eigenvalue weighted by Gasteiger charge is -2.16. The number of aromatic amines is 1. The van der Waals surface area contributed by atoms with E-state index in [2.05, 4.69) is 15.0 Å². The van der Waals surface area contributed by atoms with Crippen LogP contribution in [0.1, 0.15) is 45.4 Å². The number of carbonyl (C=O) groups excluding carboxylic acids is 3. The molecule has 0 aliphatic carbocycles. The van der Waals surface area contributed by atoms with Gasteiger partial charge in [-0.2, -0.15) is 0 Å². The molecule has 0 radical (unpaired) electrons. The zero-order chi connectivity index (χ0) is 20.8. The Kier molecular flexibility index (Phi) is 6.81. The van der Waals surface area contributed by atoms with Crippen LogP contribution in [0.2, 0.25) is 0 Å². The monoisotopic (exact) mass is 387 g/mol. The fourth-order valence-corrected chi connectivity index (χ4v) is 2.95. The number of amides is 2. The number of ether oxygens (including phenoxy) is 2. The van der Waals surface area contributed by atoms with Crippen LogP contribution in [0.4, 0.5) is 16.2 Å². The van der Waals surface area contributed by atoms with Crippen LogP contribution in [-0.4, -0.2) is 44.2 Å². The Balaban J connectivity index is 2.25. The first-order valence-corrected chi connectivity index (χ1v) is 8.86. The molecule has 2 N–H and O–H groups in total. The molecule has 1 heterocycles. The molecule has 150 valence electrons. The minimum atomic E-state index is -0.488. The third kappa shape index (κ3) is 4.33. The number of methoxy groups -OCH3 is 2. The number of aromatic nitrogens is 1. The topological polar surface area (TPSA) is 101 Å². The van der Waals surface area contributed by atoms with E-state index >= 15 is 0 Å². The Morgan fingerprint density at radius 1 is 1.11 bits per heavy atom. The summed E-state index contributed by atoms with van der Waals surface area (Å²) in [6.07, 6.45) is 0.856. The number of hydrogen-bond acceptors (Lipinski definition) is 5. The quantitative estimate of drug-likeness (QED) is 0.739. The summed E-state index contributed by atoms with van der Waals surface area (Å²) in [5.74, 6) is -0.817. The zero-order valence-corrected chi connectivity index (χ0v) is 16.7. The number of aryl methyl sites for hydroxylation is 1. The van der Waals surface area contributed by atoms with Crippen molar-refractivity contribution in [2.75, 3.05) is 31.5 Å². The van der Waals surface area contributed by atoms with Crippen molar-refractivity contribution in [2.24, 2.45) is 0 Å². The van der Waals surface area contributed by atoms with Crippen LogP contribution in [0.15, 0.2) is 24.3 Å². The van der Waals surface area contributed by atoms with Gasteiger partial charge in [0.25, 0.3) is 5.91 Å². The molecule has 1 aromatic heterocycles. The molecular formula is C20H25N3O5. The number of rotatable bonds is 6. The molecule has 0 saturated heterocycles. The first kappa shape index (κ1) is 21.0. The summed E-state index contributed by atoms with van der Waals surface area (Å²) in [6.45, 7) is 3.71. The number of hydrogen-bond donors (Lipinski definition) is 2. The maximum Gasteiger partial charge on any atom is 0.413 e. The van der Waals surface area contributed by atoms with Crippen molar-refractivity contribution in [2.45, 2.75) is 26.7 Å². The molecule has 0 spiro atoms. The van der Waals surface area contributed by atoms with Crippen LogP contribution in [0.5, 0.6) is 0 Å². The van der Waals surface area contributed by atoms with Crippen molar-refractivity contribution in [3.05, 3.63) is 46.8 Å². The maximum atomic E-state index is 12.8. The molecule has 0 atom stereocenters. The van der Waals surface area contributed by atoms with Crippen LogP contribution in [0.25, 0.3) is 0 Å². The summed E-state index contributed by atoms with van der Waals surface area (Å²) in [5.41, 5.74) is 3.17. The average Bonchev–Trinajstić information content (AvgIpc) is 3.03. The van der Waals surface area contributed by atoms with Crippen LogP contribution in [-0.2, 0) is 15.9 Å². The number of nitrogens with zero attached hydrogens (tertiary/aromatic N) is 1. The van der Waals surface area contributed by atoms with Crippen molar-refractivity contribution in [3.8, 4) is 0 Å². The third-order valence-corrected chi connectivity index (χ3v) is 4.37. The van der Waals surface area contributed by atoms with Crippen LogP contribution in [0, 0.1) is 6.92 Å². The average molecular weight is 387 g/mol. The Labute approximate surface area is 163 Å². The van der Waals surface area contributed by atoms with Gasteiger partial charge in [-0.1, -0.05) is 13.3 Å². The SMILES string of the molecule is CCCc1c(C(=O)Nc2ccc(N(C)C(=O)OC)cc2)[nH]c(C)c1C(=O)OC. The second kappa shape index (κ2) is 9.07. The highest BCUT2D eigenvalue weighted by Gasteiger charge is 2.24. The molecule has 2 rings (SSSR count). The van der Waals surface area contributed by atoms with Gasteiger partial charge in [0.15, 0.2) is 0 Å². The van der Waals surface area contributed by atoms with Crippen LogP contribution in [0.3, 0.4) is 0 Å². The molecule has 8 nitrogen and oxygen atoms in total. The fourth-order valence-electron chi connectivity index (χ4n) is 2.95. The molecule has 0 unspecified atom stereocenters. The molecule has 2 amide bonds. The molecule has 8 heteroatoms. The van der Waals surface area contributed by atoms with Crippen LogP contribution < -0.4 is 10.2 Å². The van der Waals surface area contributed by atoms with Gasteiger partial charge in [0.05, 0.1) is 19.8 Å². The Morgan fingerprint density at radius 2 is 1.75 bits per heavy atom. The Hall–Kier alpha value is -3.29. The first-order chi connectivity index (χ1) is 13.3. The number of anilines is 2. The van der Waals surface area contributed by atoms with Gasteiger partial charge in [-0.05, 0) is 43.2 Å². The molecular weight excluding hydrogens is 362 g/mol. The second-order valence-corrected chi connectivity index (χ2v) is 6.25. The summed E-state index contributed by atoms with van der Waals surface area (Å²) in [5, 5.41) is 2.81. The zero-order valence-electron chi connectivity index (χ0n) is 16.7. The number of H-pyrrole nitrogens is 1. The van der Waals surface area contributed by atoms with Gasteiger partial charge in [0, 0.05) is 24.1 Å². The molecule has 28 heavy (non-hydrogen) atoms.